The molecule has 9 heteroatoms. The summed E-state index contributed by atoms with van der Waals surface area (Å²) in [5.41, 5.74) is 4.16. The second-order valence-electron chi connectivity index (χ2n) is 7.59. The number of nitrogens with zero attached hydrogens (tertiary/aromatic N) is 2. The van der Waals surface area contributed by atoms with Crippen molar-refractivity contribution in [3.63, 3.8) is 0 Å². The van der Waals surface area contributed by atoms with Crippen LogP contribution in [0, 0.1) is 13.8 Å². The van der Waals surface area contributed by atoms with Crippen molar-refractivity contribution in [2.75, 3.05) is 4.72 Å². The Bertz CT molecular complexity index is 1520. The molecule has 0 unspecified atom stereocenters. The van der Waals surface area contributed by atoms with Crippen LogP contribution in [0.3, 0.4) is 0 Å². The smallest absolute Gasteiger partial charge is 0.279 e. The number of benzene rings is 3. The van der Waals surface area contributed by atoms with Gasteiger partial charge in [-0.2, -0.15) is 4.99 Å². The van der Waals surface area contributed by atoms with E-state index in [0.717, 1.165) is 10.2 Å². The fourth-order valence-corrected chi connectivity index (χ4v) is 5.73. The molecule has 0 saturated heterocycles. The zero-order chi connectivity index (χ0) is 23.8. The predicted molar refractivity (Wildman–Crippen MR) is 134 cm³/mol. The largest absolute Gasteiger partial charge is 0.317 e. The van der Waals surface area contributed by atoms with Crippen molar-refractivity contribution < 1.29 is 13.2 Å². The third kappa shape index (κ3) is 4.88. The molecule has 0 aliphatic heterocycles. The molecule has 0 aliphatic rings. The lowest BCUT2D eigenvalue weighted by Gasteiger charge is -2.08. The van der Waals surface area contributed by atoms with E-state index < -0.39 is 10.0 Å². The van der Waals surface area contributed by atoms with Crippen LogP contribution in [-0.4, -0.2) is 18.9 Å². The first-order valence-corrected chi connectivity index (χ1v) is 12.9. The maximum atomic E-state index is 12.8. The molecule has 0 fully saturated rings. The first kappa shape index (κ1) is 23.2. The second kappa shape index (κ2) is 9.13. The number of thiazole rings is 1. The van der Waals surface area contributed by atoms with Gasteiger partial charge in [0.25, 0.3) is 15.9 Å². The van der Waals surface area contributed by atoms with E-state index in [1.165, 1.54) is 46.7 Å². The molecule has 3 aromatic carbocycles. The molecule has 0 atom stereocenters. The standard InChI is InChI=1S/C24H22ClN3O3S2/c1-4-28-21-13-15(2)16(3)14-22(21)32-24(28)26-23(29)17-5-9-19(10-6-17)27-33(30,31)20-11-7-18(25)8-12-20/h5-14,27H,4H2,1-3H3. The maximum Gasteiger partial charge on any atom is 0.279 e. The number of rotatable bonds is 5. The van der Waals surface area contributed by atoms with Crippen LogP contribution in [0.4, 0.5) is 5.69 Å². The molecule has 1 amide bonds. The number of sulfonamides is 1. The number of anilines is 1. The SMILES string of the molecule is CCn1c(=NC(=O)c2ccc(NS(=O)(=O)c3ccc(Cl)cc3)cc2)sc2cc(C)c(C)cc21. The van der Waals surface area contributed by atoms with E-state index in [9.17, 15) is 13.2 Å². The Hall–Kier alpha value is -2.94. The highest BCUT2D eigenvalue weighted by Crippen LogP contribution is 2.22. The van der Waals surface area contributed by atoms with Crippen molar-refractivity contribution in [1.29, 1.82) is 0 Å². The quantitative estimate of drug-likeness (QED) is 0.391. The summed E-state index contributed by atoms with van der Waals surface area (Å²) in [6.07, 6.45) is 0. The Morgan fingerprint density at radius 1 is 1.03 bits per heavy atom. The van der Waals surface area contributed by atoms with Crippen LogP contribution in [-0.2, 0) is 16.6 Å². The van der Waals surface area contributed by atoms with Crippen LogP contribution in [0.1, 0.15) is 28.4 Å². The minimum absolute atomic E-state index is 0.0985. The number of aryl methyl sites for hydroxylation is 3. The Balaban J connectivity index is 1.60. The van der Waals surface area contributed by atoms with Gasteiger partial charge in [-0.1, -0.05) is 22.9 Å². The number of aromatic nitrogens is 1. The average Bonchev–Trinajstić information content (AvgIpc) is 3.10. The highest BCUT2D eigenvalue weighted by Gasteiger charge is 2.15. The molecule has 33 heavy (non-hydrogen) atoms. The number of amides is 1. The normalized spacial score (nSPS) is 12.3. The number of fused-ring (bicyclic) bond motifs is 1. The van der Waals surface area contributed by atoms with Crippen molar-refractivity contribution >= 4 is 54.8 Å². The van der Waals surface area contributed by atoms with Gasteiger partial charge in [-0.05, 0) is 92.6 Å². The minimum atomic E-state index is -3.76. The lowest BCUT2D eigenvalue weighted by atomic mass is 10.1. The van der Waals surface area contributed by atoms with Crippen LogP contribution < -0.4 is 9.52 Å². The lowest BCUT2D eigenvalue weighted by molar-refractivity contribution is 0.0998. The zero-order valence-corrected chi connectivity index (χ0v) is 20.7. The fraction of sp³-hybridized carbons (Fsp3) is 0.167. The maximum absolute atomic E-state index is 12.8. The third-order valence-corrected chi connectivity index (χ3v) is 8.01. The van der Waals surface area contributed by atoms with E-state index in [4.69, 9.17) is 11.6 Å². The van der Waals surface area contributed by atoms with Crippen molar-refractivity contribution in [3.05, 3.63) is 87.2 Å². The van der Waals surface area contributed by atoms with Crippen molar-refractivity contribution in [2.24, 2.45) is 4.99 Å². The number of halogens is 1. The molecule has 6 nitrogen and oxygen atoms in total. The Labute approximate surface area is 201 Å². The molecular weight excluding hydrogens is 478 g/mol. The monoisotopic (exact) mass is 499 g/mol. The van der Waals surface area contributed by atoms with Gasteiger partial charge in [-0.15, -0.1) is 0 Å². The number of carbonyl (C=O) groups excluding carboxylic acids is 1. The van der Waals surface area contributed by atoms with E-state index in [1.807, 2.05) is 11.5 Å². The molecule has 0 spiro atoms. The minimum Gasteiger partial charge on any atom is -0.317 e. The molecule has 170 valence electrons. The first-order valence-electron chi connectivity index (χ1n) is 10.3. The van der Waals surface area contributed by atoms with Crippen LogP contribution in [0.5, 0.6) is 0 Å². The predicted octanol–water partition coefficient (Wildman–Crippen LogP) is 5.53. The lowest BCUT2D eigenvalue weighted by Crippen LogP contribution is -2.16. The van der Waals surface area contributed by atoms with Gasteiger partial charge in [-0.3, -0.25) is 9.52 Å². The van der Waals surface area contributed by atoms with Gasteiger partial charge in [-0.25, -0.2) is 8.42 Å². The molecule has 0 aliphatic carbocycles. The van der Waals surface area contributed by atoms with Crippen LogP contribution >= 0.6 is 22.9 Å². The van der Waals surface area contributed by atoms with Crippen molar-refractivity contribution in [2.45, 2.75) is 32.2 Å². The van der Waals surface area contributed by atoms with Gasteiger partial charge in [0.05, 0.1) is 15.1 Å². The molecule has 4 aromatic rings. The van der Waals surface area contributed by atoms with Gasteiger partial charge in [0.15, 0.2) is 4.80 Å². The van der Waals surface area contributed by atoms with Gasteiger partial charge in [0, 0.05) is 22.8 Å². The van der Waals surface area contributed by atoms with Crippen molar-refractivity contribution in [3.8, 4) is 0 Å². The summed E-state index contributed by atoms with van der Waals surface area (Å²) in [7, 11) is -3.76. The molecule has 0 radical (unpaired) electrons. The Morgan fingerprint density at radius 2 is 1.67 bits per heavy atom. The summed E-state index contributed by atoms with van der Waals surface area (Å²) >= 11 is 7.30. The van der Waals surface area contributed by atoms with E-state index in [1.54, 1.807) is 24.3 Å². The summed E-state index contributed by atoms with van der Waals surface area (Å²) in [6, 6.07) is 16.3. The number of carbonyl (C=O) groups is 1. The molecule has 1 aromatic heterocycles. The van der Waals surface area contributed by atoms with Gasteiger partial charge in [0.1, 0.15) is 0 Å². The summed E-state index contributed by atoms with van der Waals surface area (Å²) < 4.78 is 30.7. The number of hydrogen-bond acceptors (Lipinski definition) is 4. The summed E-state index contributed by atoms with van der Waals surface area (Å²) in [5.74, 6) is -0.385. The van der Waals surface area contributed by atoms with Gasteiger partial charge < -0.3 is 4.57 Å². The highest BCUT2D eigenvalue weighted by molar-refractivity contribution is 7.92. The molecule has 4 rings (SSSR count). The van der Waals surface area contributed by atoms with Crippen LogP contribution in [0.25, 0.3) is 10.2 Å². The summed E-state index contributed by atoms with van der Waals surface area (Å²) in [4.78, 5) is 17.9. The van der Waals surface area contributed by atoms with E-state index in [0.29, 0.717) is 27.6 Å². The fourth-order valence-electron chi connectivity index (χ4n) is 3.37. The Kier molecular flexibility index (Phi) is 6.43. The third-order valence-electron chi connectivity index (χ3n) is 5.32. The van der Waals surface area contributed by atoms with Crippen LogP contribution in [0.2, 0.25) is 5.02 Å². The second-order valence-corrected chi connectivity index (χ2v) is 10.7. The van der Waals surface area contributed by atoms with E-state index in [2.05, 4.69) is 35.7 Å². The average molecular weight is 500 g/mol. The van der Waals surface area contributed by atoms with E-state index in [-0.39, 0.29) is 10.8 Å². The summed E-state index contributed by atoms with van der Waals surface area (Å²) in [5, 5.41) is 0.453. The molecule has 0 bridgehead atoms. The highest BCUT2D eigenvalue weighted by atomic mass is 35.5. The van der Waals surface area contributed by atoms with Gasteiger partial charge in [0.2, 0.25) is 0 Å². The number of hydrogen-bond donors (Lipinski definition) is 1. The van der Waals surface area contributed by atoms with Crippen LogP contribution in [0.15, 0.2) is 70.6 Å². The molecular formula is C24H22ClN3O3S2. The summed E-state index contributed by atoms with van der Waals surface area (Å²) in [6.45, 7) is 6.85. The topological polar surface area (TPSA) is 80.5 Å². The first-order chi connectivity index (χ1) is 15.7. The molecule has 1 N–H and O–H groups in total. The zero-order valence-electron chi connectivity index (χ0n) is 18.3. The van der Waals surface area contributed by atoms with Crippen molar-refractivity contribution in [1.82, 2.24) is 4.57 Å². The number of nitrogens with one attached hydrogen (secondary N) is 1. The van der Waals surface area contributed by atoms with E-state index >= 15 is 0 Å². The Morgan fingerprint density at radius 3 is 2.30 bits per heavy atom. The molecule has 0 saturated carbocycles. The van der Waals surface area contributed by atoms with Gasteiger partial charge >= 0.3 is 0 Å². The molecule has 1 heterocycles.